The molecular weight excluding hydrogens is 354 g/mol. The summed E-state index contributed by atoms with van der Waals surface area (Å²) in [5.74, 6) is -0.746. The van der Waals surface area contributed by atoms with Crippen LogP contribution in [0.1, 0.15) is 33.3 Å². The van der Waals surface area contributed by atoms with Crippen LogP contribution in [0.25, 0.3) is 11.1 Å². The molecule has 0 aliphatic rings. The van der Waals surface area contributed by atoms with Crippen LogP contribution in [0.15, 0.2) is 72.9 Å². The molecule has 0 aliphatic heterocycles. The van der Waals surface area contributed by atoms with Gasteiger partial charge in [-0.15, -0.1) is 0 Å². The van der Waals surface area contributed by atoms with Gasteiger partial charge in [-0.2, -0.15) is 0 Å². The quantitative estimate of drug-likeness (QED) is 0.510. The molecule has 3 aromatic rings. The molecule has 28 heavy (non-hydrogen) atoms. The number of carbonyl (C=O) groups excluding carboxylic acids is 2. The number of pyridine rings is 1. The summed E-state index contributed by atoms with van der Waals surface area (Å²) in [6.45, 7) is 2.47. The Morgan fingerprint density at radius 1 is 1.00 bits per heavy atom. The van der Waals surface area contributed by atoms with Crippen LogP contribution in [-0.4, -0.2) is 33.6 Å². The molecule has 2 amide bonds. The first kappa shape index (κ1) is 19.3. The summed E-state index contributed by atoms with van der Waals surface area (Å²) in [7, 11) is 0. The first-order valence-corrected chi connectivity index (χ1v) is 8.98. The fraction of sp³-hybridized carbons (Fsp3) is 0.136. The molecular formula is C22H21N3O3. The van der Waals surface area contributed by atoms with E-state index in [1.165, 1.54) is 6.20 Å². The molecule has 0 aliphatic carbocycles. The largest absolute Gasteiger partial charge is 0.352 e. The molecule has 3 rings (SSSR count). The van der Waals surface area contributed by atoms with E-state index in [1.807, 2.05) is 43.3 Å². The van der Waals surface area contributed by atoms with Gasteiger partial charge in [0.15, 0.2) is 0 Å². The zero-order chi connectivity index (χ0) is 19.9. The second kappa shape index (κ2) is 8.92. The Morgan fingerprint density at radius 3 is 2.50 bits per heavy atom. The Bertz CT molecular complexity index is 974. The van der Waals surface area contributed by atoms with E-state index < -0.39 is 5.91 Å². The molecule has 0 saturated carbocycles. The molecule has 0 unspecified atom stereocenters. The second-order valence-corrected chi connectivity index (χ2v) is 6.22. The molecule has 2 N–H and O–H groups in total. The lowest BCUT2D eigenvalue weighted by Crippen LogP contribution is -2.27. The van der Waals surface area contributed by atoms with Gasteiger partial charge in [0.1, 0.15) is 5.69 Å². The number of nitrogens with one attached hydrogen (secondary N) is 1. The third kappa shape index (κ3) is 4.61. The van der Waals surface area contributed by atoms with E-state index in [-0.39, 0.29) is 18.1 Å². The van der Waals surface area contributed by atoms with Gasteiger partial charge in [0.05, 0.1) is 6.54 Å². The Labute approximate surface area is 163 Å². The molecule has 6 nitrogen and oxygen atoms in total. The number of aromatic nitrogens is 1. The van der Waals surface area contributed by atoms with E-state index in [0.717, 1.165) is 16.7 Å². The first-order chi connectivity index (χ1) is 13.6. The van der Waals surface area contributed by atoms with Gasteiger partial charge in [0.2, 0.25) is 0 Å². The molecule has 0 radical (unpaired) electrons. The number of amides is 2. The Kier molecular flexibility index (Phi) is 6.14. The summed E-state index contributed by atoms with van der Waals surface area (Å²) in [5.41, 5.74) is 2.99. The molecule has 2 aromatic carbocycles. The van der Waals surface area contributed by atoms with Crippen molar-refractivity contribution >= 4 is 11.8 Å². The lowest BCUT2D eigenvalue weighted by Gasteiger charge is -2.15. The molecule has 0 spiro atoms. The molecule has 0 bridgehead atoms. The van der Waals surface area contributed by atoms with Gasteiger partial charge in [0.25, 0.3) is 11.8 Å². The van der Waals surface area contributed by atoms with Crippen molar-refractivity contribution in [1.82, 2.24) is 15.4 Å². The van der Waals surface area contributed by atoms with Crippen LogP contribution < -0.4 is 5.32 Å². The SMILES string of the molecule is CCNC(=O)c1cccc(-c2ccnc(C(=O)N(O)Cc3ccccc3)c2)c1. The maximum atomic E-state index is 12.5. The van der Waals surface area contributed by atoms with Crippen molar-refractivity contribution in [3.63, 3.8) is 0 Å². The molecule has 6 heteroatoms. The van der Waals surface area contributed by atoms with Crippen molar-refractivity contribution in [1.29, 1.82) is 0 Å². The fourth-order valence-corrected chi connectivity index (χ4v) is 2.79. The van der Waals surface area contributed by atoms with E-state index in [2.05, 4.69) is 10.3 Å². The van der Waals surface area contributed by atoms with Gasteiger partial charge in [-0.3, -0.25) is 19.8 Å². The van der Waals surface area contributed by atoms with Crippen LogP contribution >= 0.6 is 0 Å². The Balaban J connectivity index is 1.81. The van der Waals surface area contributed by atoms with Crippen molar-refractivity contribution < 1.29 is 14.8 Å². The highest BCUT2D eigenvalue weighted by molar-refractivity contribution is 5.96. The first-order valence-electron chi connectivity index (χ1n) is 8.98. The summed E-state index contributed by atoms with van der Waals surface area (Å²) in [5, 5.41) is 13.6. The number of benzene rings is 2. The second-order valence-electron chi connectivity index (χ2n) is 6.22. The van der Waals surface area contributed by atoms with Gasteiger partial charge < -0.3 is 5.32 Å². The Morgan fingerprint density at radius 2 is 1.75 bits per heavy atom. The number of carbonyl (C=O) groups is 2. The number of hydroxylamine groups is 2. The van der Waals surface area contributed by atoms with Crippen LogP contribution in [-0.2, 0) is 6.54 Å². The minimum Gasteiger partial charge on any atom is -0.352 e. The number of rotatable bonds is 6. The van der Waals surface area contributed by atoms with Crippen LogP contribution in [0.4, 0.5) is 0 Å². The van der Waals surface area contributed by atoms with E-state index in [0.29, 0.717) is 17.2 Å². The third-order valence-corrected chi connectivity index (χ3v) is 4.18. The van der Waals surface area contributed by atoms with Gasteiger partial charge in [-0.1, -0.05) is 42.5 Å². The van der Waals surface area contributed by atoms with Gasteiger partial charge >= 0.3 is 0 Å². The molecule has 1 heterocycles. The predicted octanol–water partition coefficient (Wildman–Crippen LogP) is 3.53. The van der Waals surface area contributed by atoms with Gasteiger partial charge in [-0.05, 0) is 47.9 Å². The zero-order valence-corrected chi connectivity index (χ0v) is 15.5. The third-order valence-electron chi connectivity index (χ3n) is 4.18. The molecule has 1 aromatic heterocycles. The summed E-state index contributed by atoms with van der Waals surface area (Å²) >= 11 is 0. The number of hydrogen-bond acceptors (Lipinski definition) is 4. The van der Waals surface area contributed by atoms with Crippen molar-refractivity contribution in [2.24, 2.45) is 0 Å². The van der Waals surface area contributed by atoms with Crippen molar-refractivity contribution in [3.05, 3.63) is 89.7 Å². The van der Waals surface area contributed by atoms with Gasteiger partial charge in [-0.25, -0.2) is 5.06 Å². The van der Waals surface area contributed by atoms with Gasteiger partial charge in [0, 0.05) is 18.3 Å². The van der Waals surface area contributed by atoms with Crippen molar-refractivity contribution in [3.8, 4) is 11.1 Å². The fourth-order valence-electron chi connectivity index (χ4n) is 2.79. The van der Waals surface area contributed by atoms with Crippen LogP contribution in [0.3, 0.4) is 0 Å². The minimum atomic E-state index is -0.592. The minimum absolute atomic E-state index is 0.0677. The number of hydrogen-bond donors (Lipinski definition) is 2. The lowest BCUT2D eigenvalue weighted by molar-refractivity contribution is -0.0652. The number of nitrogens with zero attached hydrogens (tertiary/aromatic N) is 2. The summed E-state index contributed by atoms with van der Waals surface area (Å²) in [6, 6.07) is 19.7. The summed E-state index contributed by atoms with van der Waals surface area (Å²) < 4.78 is 0. The summed E-state index contributed by atoms with van der Waals surface area (Å²) in [6.07, 6.45) is 1.51. The van der Waals surface area contributed by atoms with E-state index >= 15 is 0 Å². The highest BCUT2D eigenvalue weighted by Gasteiger charge is 2.16. The highest BCUT2D eigenvalue weighted by atomic mass is 16.5. The van der Waals surface area contributed by atoms with E-state index in [4.69, 9.17) is 0 Å². The monoisotopic (exact) mass is 375 g/mol. The van der Waals surface area contributed by atoms with Crippen molar-refractivity contribution in [2.45, 2.75) is 13.5 Å². The van der Waals surface area contributed by atoms with E-state index in [9.17, 15) is 14.8 Å². The average Bonchev–Trinajstić information content (AvgIpc) is 2.74. The lowest BCUT2D eigenvalue weighted by atomic mass is 10.0. The highest BCUT2D eigenvalue weighted by Crippen LogP contribution is 2.21. The van der Waals surface area contributed by atoms with Crippen LogP contribution in [0.5, 0.6) is 0 Å². The molecule has 0 fully saturated rings. The predicted molar refractivity (Wildman–Crippen MR) is 106 cm³/mol. The van der Waals surface area contributed by atoms with E-state index in [1.54, 1.807) is 30.3 Å². The average molecular weight is 375 g/mol. The molecule has 142 valence electrons. The maximum Gasteiger partial charge on any atom is 0.296 e. The molecule has 0 saturated heterocycles. The maximum absolute atomic E-state index is 12.5. The van der Waals surface area contributed by atoms with Crippen LogP contribution in [0.2, 0.25) is 0 Å². The Hall–Kier alpha value is -3.51. The normalized spacial score (nSPS) is 10.4. The van der Waals surface area contributed by atoms with Crippen molar-refractivity contribution in [2.75, 3.05) is 6.54 Å². The van der Waals surface area contributed by atoms with Crippen LogP contribution in [0, 0.1) is 0 Å². The summed E-state index contributed by atoms with van der Waals surface area (Å²) in [4.78, 5) is 28.7. The topological polar surface area (TPSA) is 82.5 Å². The standard InChI is InChI=1S/C22H21N3O3/c1-2-23-21(26)19-10-6-9-17(13-19)18-11-12-24-20(14-18)22(27)25(28)15-16-7-4-3-5-8-16/h3-14,28H,2,15H2,1H3,(H,23,26). The zero-order valence-electron chi connectivity index (χ0n) is 15.5. The smallest absolute Gasteiger partial charge is 0.296 e. The molecule has 0 atom stereocenters.